The van der Waals surface area contributed by atoms with Gasteiger partial charge in [0.2, 0.25) is 0 Å². The van der Waals surface area contributed by atoms with E-state index in [4.69, 9.17) is 4.98 Å². The quantitative estimate of drug-likeness (QED) is 0.129. The van der Waals surface area contributed by atoms with Gasteiger partial charge in [-0.3, -0.25) is 0 Å². The Kier molecular flexibility index (Phi) is 13.8. The van der Waals surface area contributed by atoms with Crippen molar-refractivity contribution in [3.05, 3.63) is 149 Å². The number of nitrogens with zero attached hydrogens (tertiary/aromatic N) is 1. The van der Waals surface area contributed by atoms with Gasteiger partial charge in [-0.05, 0) is 156 Å². The monoisotopic (exact) mass is 1070 g/mol. The molecule has 0 spiro atoms. The Morgan fingerprint density at radius 1 is 0.431 bits per heavy atom. The normalized spacial score (nSPS) is 16.3. The van der Waals surface area contributed by atoms with Gasteiger partial charge in [-0.25, -0.2) is 4.98 Å². The van der Waals surface area contributed by atoms with Crippen LogP contribution in [0.2, 0.25) is 0 Å². The third-order valence-corrected chi connectivity index (χ3v) is 17.7. The molecule has 0 radical (unpaired) electrons. The molecule has 3 nitrogen and oxygen atoms in total. The molecule has 6 heteroatoms. The minimum absolute atomic E-state index is 0. The summed E-state index contributed by atoms with van der Waals surface area (Å²) in [5.41, 5.74) is 16.9. The van der Waals surface area contributed by atoms with Gasteiger partial charge in [0.1, 0.15) is 11.5 Å². The van der Waals surface area contributed by atoms with Crippen LogP contribution in [0.3, 0.4) is 0 Å². The van der Waals surface area contributed by atoms with E-state index in [1.54, 1.807) is 0 Å². The largest absolute Gasteiger partial charge is 0.507 e. The molecule has 9 rings (SSSR count). The molecule has 4 aromatic carbocycles. The average Bonchev–Trinajstić information content (AvgIpc) is 3.79. The zero-order valence-electron chi connectivity index (χ0n) is 41.1. The van der Waals surface area contributed by atoms with Crippen molar-refractivity contribution in [3.63, 3.8) is 0 Å². The number of phenols is 2. The Labute approximate surface area is 417 Å². The van der Waals surface area contributed by atoms with Crippen LogP contribution in [-0.4, -0.2) is 15.2 Å². The summed E-state index contributed by atoms with van der Waals surface area (Å²) in [4.78, 5) is 10.6. The molecule has 0 unspecified atom stereocenters. The Bertz CT molecular complexity index is 2750. The van der Waals surface area contributed by atoms with Crippen LogP contribution in [0.1, 0.15) is 124 Å². The van der Waals surface area contributed by atoms with Crippen molar-refractivity contribution < 1.29 is 36.1 Å². The molecule has 7 aromatic rings. The number of hydrogen-bond acceptors (Lipinski definition) is 5. The Balaban J connectivity index is 0.00000233. The fourth-order valence-corrected chi connectivity index (χ4v) is 14.1. The van der Waals surface area contributed by atoms with Crippen molar-refractivity contribution in [1.29, 1.82) is 0 Å². The van der Waals surface area contributed by atoms with Crippen molar-refractivity contribution in [2.75, 3.05) is 0 Å². The van der Waals surface area contributed by atoms with Crippen molar-refractivity contribution in [1.82, 2.24) is 4.98 Å². The van der Waals surface area contributed by atoms with Gasteiger partial charge in [-0.2, -0.15) is 0 Å². The molecule has 2 aliphatic carbocycles. The van der Waals surface area contributed by atoms with E-state index in [-0.39, 0.29) is 62.4 Å². The van der Waals surface area contributed by atoms with E-state index in [0.717, 1.165) is 92.7 Å². The van der Waals surface area contributed by atoms with E-state index in [1.807, 2.05) is 34.8 Å². The number of pyridine rings is 1. The summed E-state index contributed by atoms with van der Waals surface area (Å²) in [5.74, 6) is 0.614. The molecule has 338 valence electrons. The number of fused-ring (bicyclic) bond motifs is 2. The van der Waals surface area contributed by atoms with Crippen molar-refractivity contribution >= 4 is 22.7 Å². The first-order chi connectivity index (χ1) is 29.2. The van der Waals surface area contributed by atoms with Crippen LogP contribution in [0, 0.1) is 42.5 Å². The first-order valence-electron chi connectivity index (χ1n) is 22.3. The van der Waals surface area contributed by atoms with Gasteiger partial charge in [0, 0.05) is 78.7 Å². The smallest absolute Gasteiger partial charge is 0.132 e. The number of aryl methyl sites for hydroxylation is 2. The van der Waals surface area contributed by atoms with E-state index < -0.39 is 0 Å². The van der Waals surface area contributed by atoms with Crippen LogP contribution < -0.4 is 0 Å². The molecule has 0 saturated heterocycles. The number of phenolic OH excluding ortho intramolecular Hbond substituents is 2. The SMILES string of the molecule is Cc1cc(-c2ccccc2-c2cccc(-c3ccccc3-c3cc(C)cc(-c4sc5c(c4C)C(C)(C)CCC5(C)C)c3O)n2)c(O)c(-c2sc3c(c2C)C(C)(C)CCC3(C)C)c1.[CH3-].[CH3-].[Hf]. The molecule has 0 amide bonds. The van der Waals surface area contributed by atoms with Gasteiger partial charge in [0.15, 0.2) is 0 Å². The minimum Gasteiger partial charge on any atom is -0.507 e. The maximum atomic E-state index is 12.4. The summed E-state index contributed by atoms with van der Waals surface area (Å²) in [5, 5.41) is 24.7. The van der Waals surface area contributed by atoms with E-state index in [1.165, 1.54) is 41.8 Å². The van der Waals surface area contributed by atoms with E-state index >= 15 is 0 Å². The predicted molar refractivity (Wildman–Crippen MR) is 278 cm³/mol. The summed E-state index contributed by atoms with van der Waals surface area (Å²) in [6.07, 6.45) is 4.61. The Hall–Kier alpha value is -4.10. The number of hydrogen-bond donors (Lipinski definition) is 2. The Morgan fingerprint density at radius 2 is 0.754 bits per heavy atom. The van der Waals surface area contributed by atoms with Gasteiger partial charge >= 0.3 is 0 Å². The second-order valence-corrected chi connectivity index (χ2v) is 23.0. The molecule has 2 N–H and O–H groups in total. The van der Waals surface area contributed by atoms with Gasteiger partial charge in [-0.1, -0.05) is 110 Å². The van der Waals surface area contributed by atoms with E-state index in [0.29, 0.717) is 11.5 Å². The molecule has 3 heterocycles. The summed E-state index contributed by atoms with van der Waals surface area (Å²) in [6.45, 7) is 27.8. The molecule has 0 aliphatic heterocycles. The van der Waals surface area contributed by atoms with Gasteiger partial charge in [0.25, 0.3) is 0 Å². The summed E-state index contributed by atoms with van der Waals surface area (Å²) < 4.78 is 0. The first-order valence-corrected chi connectivity index (χ1v) is 24.0. The van der Waals surface area contributed by atoms with Gasteiger partial charge in [0.05, 0.1) is 11.4 Å². The van der Waals surface area contributed by atoms with Crippen LogP contribution in [0.5, 0.6) is 11.5 Å². The number of aromatic nitrogens is 1. The average molecular weight is 1060 g/mol. The fourth-order valence-electron chi connectivity index (χ4n) is 10.8. The molecule has 0 saturated carbocycles. The number of thiophene rings is 2. The summed E-state index contributed by atoms with van der Waals surface area (Å²) in [7, 11) is 0. The predicted octanol–water partition coefficient (Wildman–Crippen LogP) is 17.4. The molecule has 0 atom stereocenters. The second-order valence-electron chi connectivity index (χ2n) is 21.0. The second kappa shape index (κ2) is 17.8. The van der Waals surface area contributed by atoms with Gasteiger partial charge in [-0.15, -0.1) is 22.7 Å². The van der Waals surface area contributed by atoms with Crippen molar-refractivity contribution in [3.8, 4) is 77.1 Å². The molecular weight excluding hydrogens is 997 g/mol. The zero-order chi connectivity index (χ0) is 44.3. The molecule has 0 bridgehead atoms. The Morgan fingerprint density at radius 3 is 1.11 bits per heavy atom. The maximum Gasteiger partial charge on any atom is 0.132 e. The molecule has 3 aromatic heterocycles. The van der Waals surface area contributed by atoms with Crippen LogP contribution in [0.15, 0.2) is 91.0 Å². The standard InChI is InChI=1S/C57H61NO2S2.2CH3.Hf/c1-32-28-40(48(59)42(30-32)50-34(3)46-52(61-50)56(9,10)26-24-54(46,5)6)36-18-13-15-20-38(36)44-22-17-23-45(58-44)39-21-16-14-19-37(39)41-29-33(2)31-43(49(41)60)51-35(4)47-53(62-51)57(11,12)27-25-55(47,7)8;;;/h13-23,28-31,59-60H,24-27H2,1-12H3;2*1H3;/q;2*-1;. The van der Waals surface area contributed by atoms with Crippen LogP contribution >= 0.6 is 22.7 Å². The van der Waals surface area contributed by atoms with Gasteiger partial charge < -0.3 is 25.1 Å². The van der Waals surface area contributed by atoms with Crippen LogP contribution in [0.4, 0.5) is 0 Å². The summed E-state index contributed by atoms with van der Waals surface area (Å²) in [6, 6.07) is 31.4. The minimum atomic E-state index is 0. The third-order valence-electron chi connectivity index (χ3n) is 14.4. The molecule has 65 heavy (non-hydrogen) atoms. The molecule has 0 fully saturated rings. The van der Waals surface area contributed by atoms with Crippen LogP contribution in [0.25, 0.3) is 65.6 Å². The first kappa shape index (κ1) is 50.3. The number of aromatic hydroxyl groups is 2. The zero-order valence-corrected chi connectivity index (χ0v) is 46.4. The fraction of sp³-hybridized carbons (Fsp3) is 0.339. The van der Waals surface area contributed by atoms with Crippen molar-refractivity contribution in [2.24, 2.45) is 0 Å². The third kappa shape index (κ3) is 8.48. The molecule has 2 aliphatic rings. The van der Waals surface area contributed by atoms with Crippen LogP contribution in [-0.2, 0) is 47.5 Å². The van der Waals surface area contributed by atoms with Crippen molar-refractivity contribution in [2.45, 2.75) is 130 Å². The number of benzene rings is 4. The maximum absolute atomic E-state index is 12.4. The summed E-state index contributed by atoms with van der Waals surface area (Å²) >= 11 is 3.74. The topological polar surface area (TPSA) is 53.4 Å². The van der Waals surface area contributed by atoms with E-state index in [9.17, 15) is 10.2 Å². The number of rotatable bonds is 6. The van der Waals surface area contributed by atoms with E-state index in [2.05, 4.69) is 162 Å². The molecular formula is C59H67HfNO2S2-2.